The number of nitrogens with zero attached hydrogens (tertiary/aromatic N) is 3. The van der Waals surface area contributed by atoms with Crippen molar-refractivity contribution in [2.75, 3.05) is 12.4 Å². The van der Waals surface area contributed by atoms with E-state index in [4.69, 9.17) is 9.47 Å². The number of methoxy groups -OCH3 is 1. The number of aryl methyl sites for hydroxylation is 2. The lowest BCUT2D eigenvalue weighted by molar-refractivity contribution is -0.143. The first-order valence-electron chi connectivity index (χ1n) is 12.8. The van der Waals surface area contributed by atoms with E-state index in [9.17, 15) is 9.59 Å². The van der Waals surface area contributed by atoms with Crippen LogP contribution in [0.4, 0.5) is 10.6 Å². The van der Waals surface area contributed by atoms with E-state index < -0.39 is 11.5 Å². The maximum atomic E-state index is 12.8. The van der Waals surface area contributed by atoms with E-state index in [0.29, 0.717) is 11.5 Å². The summed E-state index contributed by atoms with van der Waals surface area (Å²) in [6.45, 7) is 1.79. The zero-order chi connectivity index (χ0) is 26.3. The largest absolute Gasteiger partial charge is 0.468 e. The third-order valence-electron chi connectivity index (χ3n) is 7.60. The van der Waals surface area contributed by atoms with E-state index in [-0.39, 0.29) is 12.1 Å². The zero-order valence-corrected chi connectivity index (χ0v) is 21.3. The molecule has 0 unspecified atom stereocenters. The van der Waals surface area contributed by atoms with E-state index in [0.717, 1.165) is 53.6 Å². The van der Waals surface area contributed by atoms with Crippen molar-refractivity contribution in [2.24, 2.45) is 0 Å². The molecule has 1 saturated carbocycles. The molecule has 1 fully saturated rings. The highest BCUT2D eigenvalue weighted by atomic mass is 16.6. The van der Waals surface area contributed by atoms with Crippen LogP contribution in [0.2, 0.25) is 0 Å². The molecule has 0 spiro atoms. The molecule has 1 N–H and O–H groups in total. The first kappa shape index (κ1) is 23.9. The standard InChI is InChI=1S/C30H28N4O4/c1-19-27(31-29(36)38-26-16-11-22-5-3-4-6-25(22)26)34(33-32-19)24-14-9-21(10-15-24)20-7-12-23(13-8-20)30(17-18-30)28(35)37-2/h3-10,12-15,26H,11,16-18H2,1-2H3,(H,31,36)/t26-/m1/s1. The lowest BCUT2D eigenvalue weighted by atomic mass is 9.94. The van der Waals surface area contributed by atoms with Crippen molar-refractivity contribution in [2.45, 2.75) is 44.1 Å². The third kappa shape index (κ3) is 4.22. The van der Waals surface area contributed by atoms with Crippen molar-refractivity contribution >= 4 is 17.9 Å². The Balaban J connectivity index is 1.17. The van der Waals surface area contributed by atoms with Gasteiger partial charge in [-0.3, -0.25) is 10.1 Å². The summed E-state index contributed by atoms with van der Waals surface area (Å²) < 4.78 is 12.3. The van der Waals surface area contributed by atoms with Gasteiger partial charge < -0.3 is 9.47 Å². The first-order valence-corrected chi connectivity index (χ1v) is 12.8. The summed E-state index contributed by atoms with van der Waals surface area (Å²) in [5.41, 5.74) is 6.21. The Morgan fingerprint density at radius 1 is 0.974 bits per heavy atom. The van der Waals surface area contributed by atoms with E-state index in [1.807, 2.05) is 66.7 Å². The van der Waals surface area contributed by atoms with Gasteiger partial charge in [0, 0.05) is 0 Å². The summed E-state index contributed by atoms with van der Waals surface area (Å²) in [7, 11) is 1.44. The fraction of sp³-hybridized carbons (Fsp3) is 0.267. The molecule has 2 aliphatic carbocycles. The van der Waals surface area contributed by atoms with Gasteiger partial charge >= 0.3 is 12.1 Å². The van der Waals surface area contributed by atoms with Crippen LogP contribution in [0.15, 0.2) is 72.8 Å². The number of amides is 1. The Morgan fingerprint density at radius 3 is 2.34 bits per heavy atom. The lowest BCUT2D eigenvalue weighted by Crippen LogP contribution is -2.21. The summed E-state index contributed by atoms with van der Waals surface area (Å²) in [5, 5.41) is 11.2. The minimum atomic E-state index is -0.532. The van der Waals surface area contributed by atoms with Gasteiger partial charge in [0.05, 0.1) is 18.2 Å². The van der Waals surface area contributed by atoms with Crippen molar-refractivity contribution in [1.29, 1.82) is 0 Å². The van der Waals surface area contributed by atoms with Gasteiger partial charge in [-0.05, 0) is 72.6 Å². The van der Waals surface area contributed by atoms with Crippen LogP contribution in [0, 0.1) is 6.92 Å². The summed E-state index contributed by atoms with van der Waals surface area (Å²) in [4.78, 5) is 25.0. The van der Waals surface area contributed by atoms with E-state index in [2.05, 4.69) is 21.7 Å². The number of esters is 1. The van der Waals surface area contributed by atoms with E-state index in [1.165, 1.54) is 12.7 Å². The molecule has 8 nitrogen and oxygen atoms in total. The number of carbonyl (C=O) groups excluding carboxylic acids is 2. The molecular weight excluding hydrogens is 480 g/mol. The molecule has 1 amide bonds. The SMILES string of the molecule is COC(=O)C1(c2ccc(-c3ccc(-n4nnc(C)c4NC(=O)O[C@@H]4CCc5ccccc54)cc3)cc2)CC1. The van der Waals surface area contributed by atoms with Gasteiger partial charge in [0.15, 0.2) is 5.82 Å². The average Bonchev–Trinajstić information content (AvgIpc) is 3.56. The van der Waals surface area contributed by atoms with Gasteiger partial charge in [0.1, 0.15) is 11.8 Å². The van der Waals surface area contributed by atoms with Crippen LogP contribution in [-0.4, -0.2) is 34.2 Å². The normalized spacial score (nSPS) is 16.9. The van der Waals surface area contributed by atoms with Crippen LogP contribution in [0.25, 0.3) is 16.8 Å². The number of benzene rings is 3. The van der Waals surface area contributed by atoms with E-state index in [1.54, 1.807) is 11.6 Å². The van der Waals surface area contributed by atoms with Crippen molar-refractivity contribution in [3.63, 3.8) is 0 Å². The fourth-order valence-corrected chi connectivity index (χ4v) is 5.28. The zero-order valence-electron chi connectivity index (χ0n) is 21.3. The van der Waals surface area contributed by atoms with Crippen molar-refractivity contribution < 1.29 is 19.1 Å². The highest BCUT2D eigenvalue weighted by Gasteiger charge is 2.52. The minimum Gasteiger partial charge on any atom is -0.468 e. The van der Waals surface area contributed by atoms with Gasteiger partial charge in [-0.1, -0.05) is 65.9 Å². The quantitative estimate of drug-likeness (QED) is 0.337. The molecule has 0 aliphatic heterocycles. The van der Waals surface area contributed by atoms with Crippen LogP contribution in [0.1, 0.15) is 47.8 Å². The molecule has 192 valence electrons. The second-order valence-electron chi connectivity index (χ2n) is 9.89. The number of aromatic nitrogens is 3. The number of fused-ring (bicyclic) bond motifs is 1. The maximum absolute atomic E-state index is 12.8. The molecule has 3 aromatic carbocycles. The molecule has 0 radical (unpaired) electrons. The average molecular weight is 509 g/mol. The molecule has 4 aromatic rings. The van der Waals surface area contributed by atoms with Gasteiger partial charge in [0.2, 0.25) is 0 Å². The van der Waals surface area contributed by atoms with Crippen LogP contribution < -0.4 is 5.32 Å². The number of nitrogens with one attached hydrogen (secondary N) is 1. The monoisotopic (exact) mass is 508 g/mol. The fourth-order valence-electron chi connectivity index (χ4n) is 5.28. The summed E-state index contributed by atoms with van der Waals surface area (Å²) >= 11 is 0. The van der Waals surface area contributed by atoms with Gasteiger partial charge in [-0.15, -0.1) is 5.10 Å². The second kappa shape index (κ2) is 9.45. The molecule has 1 heterocycles. The maximum Gasteiger partial charge on any atom is 0.413 e. The number of carbonyl (C=O) groups is 2. The topological polar surface area (TPSA) is 95.3 Å². The second-order valence-corrected chi connectivity index (χ2v) is 9.89. The Bertz CT molecular complexity index is 1500. The van der Waals surface area contributed by atoms with Crippen molar-refractivity contribution in [1.82, 2.24) is 15.0 Å². The highest BCUT2D eigenvalue weighted by molar-refractivity contribution is 5.87. The van der Waals surface area contributed by atoms with Crippen LogP contribution in [0.5, 0.6) is 0 Å². The molecule has 1 aromatic heterocycles. The molecule has 8 heteroatoms. The number of anilines is 1. The molecule has 0 bridgehead atoms. The Kier molecular flexibility index (Phi) is 5.94. The number of hydrogen-bond acceptors (Lipinski definition) is 6. The Labute approximate surface area is 220 Å². The highest BCUT2D eigenvalue weighted by Crippen LogP contribution is 2.49. The van der Waals surface area contributed by atoms with Gasteiger partial charge in [0.25, 0.3) is 0 Å². The summed E-state index contributed by atoms with van der Waals surface area (Å²) in [6.07, 6.45) is 2.52. The lowest BCUT2D eigenvalue weighted by Gasteiger charge is -2.15. The Morgan fingerprint density at radius 2 is 1.66 bits per heavy atom. The molecular formula is C30H28N4O4. The predicted molar refractivity (Wildman–Crippen MR) is 142 cm³/mol. The van der Waals surface area contributed by atoms with Crippen LogP contribution in [-0.2, 0) is 26.1 Å². The van der Waals surface area contributed by atoms with Gasteiger partial charge in [-0.2, -0.15) is 4.68 Å². The van der Waals surface area contributed by atoms with Crippen molar-refractivity contribution in [3.05, 3.63) is 95.2 Å². The summed E-state index contributed by atoms with van der Waals surface area (Å²) in [6, 6.07) is 23.9. The minimum absolute atomic E-state index is 0.168. The predicted octanol–water partition coefficient (Wildman–Crippen LogP) is 5.68. The smallest absolute Gasteiger partial charge is 0.413 e. The molecule has 0 saturated heterocycles. The van der Waals surface area contributed by atoms with Crippen molar-refractivity contribution in [3.8, 4) is 16.8 Å². The van der Waals surface area contributed by atoms with Crippen LogP contribution in [0.3, 0.4) is 0 Å². The number of hydrogen-bond donors (Lipinski definition) is 1. The number of rotatable bonds is 6. The first-order chi connectivity index (χ1) is 18.5. The molecule has 1 atom stereocenters. The van der Waals surface area contributed by atoms with Crippen LogP contribution >= 0.6 is 0 Å². The molecule has 38 heavy (non-hydrogen) atoms. The molecule has 2 aliphatic rings. The van der Waals surface area contributed by atoms with Gasteiger partial charge in [-0.25, -0.2) is 4.79 Å². The summed E-state index contributed by atoms with van der Waals surface area (Å²) in [5.74, 6) is 0.301. The van der Waals surface area contributed by atoms with E-state index >= 15 is 0 Å². The molecule has 6 rings (SSSR count). The Hall–Kier alpha value is -4.46. The third-order valence-corrected chi connectivity index (χ3v) is 7.60. The number of ether oxygens (including phenoxy) is 2.